The molecule has 1 aliphatic rings. The second-order valence-electron chi connectivity index (χ2n) is 22.3. The lowest BCUT2D eigenvalue weighted by Crippen LogP contribution is -2.25. The zero-order valence-electron chi connectivity index (χ0n) is 62.7. The molecular formula is C79H86Br7NO21. The van der Waals surface area contributed by atoms with Gasteiger partial charge in [-0.15, -0.1) is 0 Å². The van der Waals surface area contributed by atoms with Gasteiger partial charge in [-0.2, -0.15) is 0 Å². The van der Waals surface area contributed by atoms with Crippen molar-refractivity contribution in [2.24, 2.45) is 0 Å². The second kappa shape index (κ2) is 47.8. The fraction of sp³-hybridized carbons (Fsp3) is 0.304. The number of halogens is 7. The Morgan fingerprint density at radius 3 is 0.991 bits per heavy atom. The monoisotopic (exact) mass is 1940 g/mol. The first-order valence-electron chi connectivity index (χ1n) is 32.4. The SMILES string of the molecule is CCc1cc(OC)c(C(=O)N2Cc3ccccc3C2)cc1Br.CCc1cc(OC)c(C(=O)O)cc1Br.CCc1cc(OC)c(C(=O)OC)cc1Br.COC(=O)c1cc(Br)c(C)cc1OC.COC(=O)c1cc(Br)c(CBr)cc1OC.COC(=O)c1cc(Br)c(CO)cc1OC.COC(=O)c1ccc(C)cc1OC. The molecule has 29 heteroatoms. The number of methoxy groups -OCH3 is 12. The average Bonchev–Trinajstić information content (AvgIpc) is 1.66. The number of carboxylic acids is 1. The van der Waals surface area contributed by atoms with Crippen molar-refractivity contribution in [1.82, 2.24) is 4.90 Å². The van der Waals surface area contributed by atoms with Crippen molar-refractivity contribution in [3.05, 3.63) is 231 Å². The number of hydrogen-bond donors (Lipinski definition) is 2. The summed E-state index contributed by atoms with van der Waals surface area (Å²) >= 11 is 23.6. The lowest BCUT2D eigenvalue weighted by Gasteiger charge is -2.18. The quantitative estimate of drug-likeness (QED) is 0.0432. The Balaban J connectivity index is 0.000000329. The van der Waals surface area contributed by atoms with E-state index in [1.165, 1.54) is 89.3 Å². The summed E-state index contributed by atoms with van der Waals surface area (Å²) in [6.07, 6.45) is 2.59. The third-order valence-corrected chi connectivity index (χ3v) is 20.9. The number of esters is 5. The maximum Gasteiger partial charge on any atom is 0.341 e. The molecule has 0 unspecified atom stereocenters. The summed E-state index contributed by atoms with van der Waals surface area (Å²) in [7, 11) is 17.3. The zero-order chi connectivity index (χ0) is 81.2. The lowest BCUT2D eigenvalue weighted by atomic mass is 10.1. The van der Waals surface area contributed by atoms with Crippen LogP contribution in [0.5, 0.6) is 40.2 Å². The van der Waals surface area contributed by atoms with Crippen LogP contribution in [-0.2, 0) is 68.0 Å². The Bertz CT molecular complexity index is 4240. The maximum atomic E-state index is 12.9. The van der Waals surface area contributed by atoms with Crippen LogP contribution < -0.4 is 33.2 Å². The van der Waals surface area contributed by atoms with Crippen molar-refractivity contribution in [3.63, 3.8) is 0 Å². The number of carbonyl (C=O) groups excluding carboxylic acids is 6. The highest BCUT2D eigenvalue weighted by Crippen LogP contribution is 2.35. The van der Waals surface area contributed by atoms with Crippen LogP contribution in [0.2, 0.25) is 0 Å². The van der Waals surface area contributed by atoms with Crippen LogP contribution in [0, 0.1) is 13.8 Å². The third-order valence-electron chi connectivity index (χ3n) is 15.8. The van der Waals surface area contributed by atoms with E-state index in [-0.39, 0.29) is 24.0 Å². The van der Waals surface area contributed by atoms with E-state index in [1.54, 1.807) is 73.8 Å². The van der Waals surface area contributed by atoms with Gasteiger partial charge in [-0.05, 0) is 168 Å². The lowest BCUT2D eigenvalue weighted by molar-refractivity contribution is 0.0587. The van der Waals surface area contributed by atoms with E-state index in [4.69, 9.17) is 43.4 Å². The van der Waals surface area contributed by atoms with Gasteiger partial charge in [-0.3, -0.25) is 4.79 Å². The van der Waals surface area contributed by atoms with E-state index < -0.39 is 29.8 Å². The van der Waals surface area contributed by atoms with Crippen LogP contribution in [0.1, 0.15) is 143 Å². The highest BCUT2D eigenvalue weighted by atomic mass is 79.9. The van der Waals surface area contributed by atoms with Crippen molar-refractivity contribution in [2.45, 2.75) is 78.9 Å². The molecule has 22 nitrogen and oxygen atoms in total. The fourth-order valence-corrected chi connectivity index (χ4v) is 13.8. The highest BCUT2D eigenvalue weighted by molar-refractivity contribution is 9.11. The molecule has 1 heterocycles. The molecule has 108 heavy (non-hydrogen) atoms. The molecule has 0 spiro atoms. The molecule has 0 aromatic heterocycles. The van der Waals surface area contributed by atoms with Crippen molar-refractivity contribution in [3.8, 4) is 40.2 Å². The average molecular weight is 1940 g/mol. The molecule has 2 N–H and O–H groups in total. The van der Waals surface area contributed by atoms with Gasteiger partial charge in [0.15, 0.2) is 0 Å². The minimum Gasteiger partial charge on any atom is -0.496 e. The van der Waals surface area contributed by atoms with Gasteiger partial charge < -0.3 is 72.0 Å². The maximum absolute atomic E-state index is 12.9. The van der Waals surface area contributed by atoms with Crippen LogP contribution in [0.3, 0.4) is 0 Å². The van der Waals surface area contributed by atoms with Crippen LogP contribution in [0.25, 0.3) is 0 Å². The number of aryl methyl sites for hydroxylation is 5. The Labute approximate surface area is 688 Å². The number of aliphatic hydroxyl groups excluding tert-OH is 1. The van der Waals surface area contributed by atoms with Crippen molar-refractivity contribution >= 4 is 153 Å². The summed E-state index contributed by atoms with van der Waals surface area (Å²) in [4.78, 5) is 82.3. The molecule has 0 saturated carbocycles. The number of benzene rings is 8. The molecule has 0 aliphatic carbocycles. The van der Waals surface area contributed by atoms with Gasteiger partial charge in [0.1, 0.15) is 73.6 Å². The Morgan fingerprint density at radius 1 is 0.361 bits per heavy atom. The minimum atomic E-state index is -0.981. The van der Waals surface area contributed by atoms with Crippen LogP contribution in [-0.4, -0.2) is 142 Å². The van der Waals surface area contributed by atoms with Crippen molar-refractivity contribution < 1.29 is 101 Å². The van der Waals surface area contributed by atoms with Gasteiger partial charge in [0, 0.05) is 45.3 Å². The van der Waals surface area contributed by atoms with Crippen LogP contribution in [0.15, 0.2) is 142 Å². The summed E-state index contributed by atoms with van der Waals surface area (Å²) in [5.74, 6) is 0.528. The number of carbonyl (C=O) groups is 7. The first-order valence-corrected chi connectivity index (χ1v) is 38.3. The van der Waals surface area contributed by atoms with E-state index >= 15 is 0 Å². The predicted octanol–water partition coefficient (Wildman–Crippen LogP) is 18.9. The van der Waals surface area contributed by atoms with E-state index in [1.807, 2.05) is 69.0 Å². The first kappa shape index (κ1) is 94.2. The molecule has 0 radical (unpaired) electrons. The van der Waals surface area contributed by atoms with Crippen molar-refractivity contribution in [2.75, 3.05) is 85.3 Å². The molecule has 1 aliphatic heterocycles. The number of carboxylic acid groups (broad SMARTS) is 1. The van der Waals surface area contributed by atoms with E-state index in [0.29, 0.717) is 102 Å². The Kier molecular flexibility index (Phi) is 41.7. The Hall–Kier alpha value is -8.03. The number of hydrogen-bond acceptors (Lipinski definition) is 20. The summed E-state index contributed by atoms with van der Waals surface area (Å²) in [5.41, 5.74) is 12.3. The molecule has 0 fully saturated rings. The number of aliphatic hydroxyl groups is 1. The summed E-state index contributed by atoms with van der Waals surface area (Å²) < 4.78 is 64.0. The number of aromatic carboxylic acids is 1. The zero-order valence-corrected chi connectivity index (χ0v) is 73.8. The second-order valence-corrected chi connectivity index (χ2v) is 28.0. The van der Waals surface area contributed by atoms with Gasteiger partial charge in [-0.25, -0.2) is 28.8 Å². The van der Waals surface area contributed by atoms with Gasteiger partial charge in [-0.1, -0.05) is 163 Å². The smallest absolute Gasteiger partial charge is 0.341 e. The number of ether oxygens (including phenoxy) is 12. The van der Waals surface area contributed by atoms with E-state index in [2.05, 4.69) is 154 Å². The molecule has 0 atom stereocenters. The molecule has 8 aromatic carbocycles. The van der Waals surface area contributed by atoms with Crippen LogP contribution >= 0.6 is 112 Å². The number of alkyl halides is 1. The summed E-state index contributed by atoms with van der Waals surface area (Å²) in [5, 5.41) is 18.6. The van der Waals surface area contributed by atoms with Gasteiger partial charge in [0.25, 0.3) is 5.91 Å². The Morgan fingerprint density at radius 2 is 0.648 bits per heavy atom. The third kappa shape index (κ3) is 26.6. The van der Waals surface area contributed by atoms with Gasteiger partial charge >= 0.3 is 35.8 Å². The van der Waals surface area contributed by atoms with E-state index in [9.17, 15) is 33.6 Å². The number of amides is 1. The molecular weight excluding hydrogens is 1860 g/mol. The number of fused-ring (bicyclic) bond motifs is 1. The normalized spacial score (nSPS) is 10.5. The predicted molar refractivity (Wildman–Crippen MR) is 437 cm³/mol. The largest absolute Gasteiger partial charge is 0.496 e. The molecule has 0 bridgehead atoms. The van der Waals surface area contributed by atoms with Crippen LogP contribution in [0.4, 0.5) is 0 Å². The first-order chi connectivity index (χ1) is 51.4. The minimum absolute atomic E-state index is 0.0106. The molecule has 1 amide bonds. The van der Waals surface area contributed by atoms with Crippen molar-refractivity contribution in [1.29, 1.82) is 0 Å². The van der Waals surface area contributed by atoms with Gasteiger partial charge in [0.2, 0.25) is 0 Å². The molecule has 8 aromatic rings. The standard InChI is InChI=1S/C18H18BrNO2.C11H13BrO3.C10H10Br2O3.C10H11BrO4.2C10H11BrO3.C10H12O3/c1-3-12-8-17(22-2)15(9-16(12)19)18(21)20-10-13-6-4-5-7-14(13)11-20;1-4-7-5-10(14-2)8(6-9(7)12)11(13)15-3;1-14-9-3-6(5-11)8(12)4-7(9)10(13)15-2;1-14-9-3-6(5-12)8(11)4-7(9)10(13)15-2;1-6-4-9(13-2)7(5-8(6)11)10(12)14-3;1-3-6-4-9(14-2)7(10(12)13)5-8(6)11;1-7-4-5-8(10(11)13-3)9(6-7)12-2/h4-9H,3,10-11H2,1-2H3;5-6H,4H2,1-3H3;3-4H,5H2,1-2H3;3-4,12H,5H2,1-2H3;4-5H,1-3H3;4-5H,3H2,1-2H3,(H,12,13);4-6H,1-3H3. The fourth-order valence-electron chi connectivity index (χ4n) is 9.82. The summed E-state index contributed by atoms with van der Waals surface area (Å²) in [6.45, 7) is 11.2. The molecule has 0 saturated heterocycles. The van der Waals surface area contributed by atoms with Gasteiger partial charge in [0.05, 0.1) is 97.5 Å². The number of nitrogens with zero attached hydrogens (tertiary/aromatic N) is 1. The molecule has 9 rings (SSSR count). The molecule has 582 valence electrons. The number of rotatable bonds is 19. The topological polar surface area (TPSA) is 274 Å². The summed E-state index contributed by atoms with van der Waals surface area (Å²) in [6, 6.07) is 34.4. The highest BCUT2D eigenvalue weighted by Gasteiger charge is 2.27. The van der Waals surface area contributed by atoms with E-state index in [0.717, 1.165) is 75.0 Å².